The van der Waals surface area contributed by atoms with Crippen molar-refractivity contribution in [1.82, 2.24) is 9.80 Å². The van der Waals surface area contributed by atoms with Gasteiger partial charge in [-0.2, -0.15) is 0 Å². The van der Waals surface area contributed by atoms with Crippen molar-refractivity contribution in [3.63, 3.8) is 0 Å². The van der Waals surface area contributed by atoms with Crippen LogP contribution in [0.4, 0.5) is 4.39 Å². The highest BCUT2D eigenvalue weighted by Crippen LogP contribution is 2.37. The summed E-state index contributed by atoms with van der Waals surface area (Å²) in [5.74, 6) is 1.62. The van der Waals surface area contributed by atoms with Gasteiger partial charge in [-0.1, -0.05) is 15.9 Å². The zero-order valence-electron chi connectivity index (χ0n) is 15.2. The smallest absolute Gasteiger partial charge is 0.260 e. The van der Waals surface area contributed by atoms with Gasteiger partial charge in [-0.25, -0.2) is 4.39 Å². The van der Waals surface area contributed by atoms with E-state index in [0.29, 0.717) is 18.8 Å². The van der Waals surface area contributed by atoms with Crippen LogP contribution >= 0.6 is 15.9 Å². The molecular formula is C20H20BrFN2O4. The second-order valence-electron chi connectivity index (χ2n) is 6.70. The van der Waals surface area contributed by atoms with Gasteiger partial charge in [0.2, 0.25) is 6.79 Å². The molecule has 0 unspecified atom stereocenters. The van der Waals surface area contributed by atoms with E-state index in [-0.39, 0.29) is 25.1 Å². The average Bonchev–Trinajstić information content (AvgIpc) is 3.15. The molecule has 0 aliphatic carbocycles. The van der Waals surface area contributed by atoms with Gasteiger partial charge < -0.3 is 19.1 Å². The first kappa shape index (κ1) is 19.0. The third-order valence-electron chi connectivity index (χ3n) is 4.84. The molecule has 2 aromatic rings. The quantitative estimate of drug-likeness (QED) is 0.700. The number of rotatable bonds is 5. The molecule has 0 aromatic heterocycles. The predicted octanol–water partition coefficient (Wildman–Crippen LogP) is 3.04. The van der Waals surface area contributed by atoms with E-state index in [2.05, 4.69) is 20.8 Å². The van der Waals surface area contributed by atoms with Gasteiger partial charge in [0.1, 0.15) is 11.6 Å². The Morgan fingerprint density at radius 1 is 1.07 bits per heavy atom. The Morgan fingerprint density at radius 2 is 1.75 bits per heavy atom. The summed E-state index contributed by atoms with van der Waals surface area (Å²) in [7, 11) is 0. The lowest BCUT2D eigenvalue weighted by atomic mass is 10.1. The van der Waals surface area contributed by atoms with E-state index >= 15 is 0 Å². The van der Waals surface area contributed by atoms with Gasteiger partial charge in [-0.3, -0.25) is 9.69 Å². The Kier molecular flexibility index (Phi) is 5.68. The molecule has 0 N–H and O–H groups in total. The number of carbonyl (C=O) groups is 1. The van der Waals surface area contributed by atoms with Crippen LogP contribution in [0.5, 0.6) is 17.2 Å². The molecule has 148 valence electrons. The number of nitrogens with zero attached hydrogens (tertiary/aromatic N) is 2. The van der Waals surface area contributed by atoms with E-state index in [1.807, 2.05) is 12.1 Å². The van der Waals surface area contributed by atoms with E-state index in [1.54, 1.807) is 4.90 Å². The first-order chi connectivity index (χ1) is 13.6. The summed E-state index contributed by atoms with van der Waals surface area (Å²) in [5, 5.41) is 0. The summed E-state index contributed by atoms with van der Waals surface area (Å²) in [6, 6.07) is 9.60. The molecule has 0 spiro atoms. The van der Waals surface area contributed by atoms with Crippen LogP contribution in [0.15, 0.2) is 40.9 Å². The largest absolute Gasteiger partial charge is 0.484 e. The molecule has 0 radical (unpaired) electrons. The normalized spacial score (nSPS) is 16.3. The van der Waals surface area contributed by atoms with Crippen LogP contribution in [0, 0.1) is 5.82 Å². The van der Waals surface area contributed by atoms with Crippen molar-refractivity contribution in [2.75, 3.05) is 39.6 Å². The Balaban J connectivity index is 1.26. The molecule has 1 saturated heterocycles. The van der Waals surface area contributed by atoms with Gasteiger partial charge in [0.25, 0.3) is 5.91 Å². The minimum absolute atomic E-state index is 0.0423. The van der Waals surface area contributed by atoms with Gasteiger partial charge in [-0.15, -0.1) is 0 Å². The first-order valence-corrected chi connectivity index (χ1v) is 9.84. The van der Waals surface area contributed by atoms with Crippen LogP contribution in [0.25, 0.3) is 0 Å². The molecule has 2 aliphatic rings. The molecule has 2 aromatic carbocycles. The van der Waals surface area contributed by atoms with Crippen LogP contribution in [0.3, 0.4) is 0 Å². The van der Waals surface area contributed by atoms with Crippen molar-refractivity contribution >= 4 is 21.8 Å². The molecule has 1 fully saturated rings. The Morgan fingerprint density at radius 3 is 2.46 bits per heavy atom. The zero-order valence-corrected chi connectivity index (χ0v) is 16.8. The van der Waals surface area contributed by atoms with Crippen molar-refractivity contribution in [2.45, 2.75) is 6.54 Å². The molecule has 28 heavy (non-hydrogen) atoms. The molecule has 0 saturated carbocycles. The number of benzene rings is 2. The van der Waals surface area contributed by atoms with E-state index in [4.69, 9.17) is 14.2 Å². The number of hydrogen-bond donors (Lipinski definition) is 0. The topological polar surface area (TPSA) is 51.2 Å². The second-order valence-corrected chi connectivity index (χ2v) is 7.55. The average molecular weight is 451 g/mol. The van der Waals surface area contributed by atoms with Gasteiger partial charge in [0.15, 0.2) is 18.1 Å². The van der Waals surface area contributed by atoms with E-state index in [0.717, 1.165) is 41.2 Å². The summed E-state index contributed by atoms with van der Waals surface area (Å²) in [6.07, 6.45) is 0. The molecule has 1 amide bonds. The first-order valence-electron chi connectivity index (χ1n) is 9.05. The Bertz CT molecular complexity index is 854. The summed E-state index contributed by atoms with van der Waals surface area (Å²) in [6.45, 7) is 3.84. The number of piperazine rings is 1. The number of amides is 1. The standard InChI is InChI=1S/C20H20BrFN2O4/c21-17-10-19-18(27-13-28-19)9-14(17)11-23-5-7-24(8-6-23)20(25)12-26-16-3-1-15(22)2-4-16/h1-4,9-10H,5-8,11-13H2. The maximum absolute atomic E-state index is 12.9. The van der Waals surface area contributed by atoms with E-state index in [9.17, 15) is 9.18 Å². The number of halogens is 2. The number of fused-ring (bicyclic) bond motifs is 1. The minimum atomic E-state index is -0.330. The molecule has 0 atom stereocenters. The number of carbonyl (C=O) groups excluding carboxylic acids is 1. The number of ether oxygens (including phenoxy) is 3. The van der Waals surface area contributed by atoms with Crippen LogP contribution < -0.4 is 14.2 Å². The molecule has 6 nitrogen and oxygen atoms in total. The second kappa shape index (κ2) is 8.36. The minimum Gasteiger partial charge on any atom is -0.484 e. The molecule has 2 aliphatic heterocycles. The van der Waals surface area contributed by atoms with Crippen molar-refractivity contribution in [3.8, 4) is 17.2 Å². The Hall–Kier alpha value is -2.32. The lowest BCUT2D eigenvalue weighted by Crippen LogP contribution is -2.49. The number of hydrogen-bond acceptors (Lipinski definition) is 5. The zero-order chi connectivity index (χ0) is 19.5. The van der Waals surface area contributed by atoms with Gasteiger partial charge >= 0.3 is 0 Å². The fourth-order valence-electron chi connectivity index (χ4n) is 3.24. The molecule has 4 rings (SSSR count). The maximum atomic E-state index is 12.9. The van der Waals surface area contributed by atoms with Crippen molar-refractivity contribution < 1.29 is 23.4 Å². The van der Waals surface area contributed by atoms with Crippen molar-refractivity contribution in [3.05, 3.63) is 52.3 Å². The summed E-state index contributed by atoms with van der Waals surface area (Å²) in [4.78, 5) is 16.5. The van der Waals surface area contributed by atoms with Crippen LogP contribution in [0.2, 0.25) is 0 Å². The molecular weight excluding hydrogens is 431 g/mol. The Labute approximate surface area is 170 Å². The maximum Gasteiger partial charge on any atom is 0.260 e. The van der Waals surface area contributed by atoms with Crippen LogP contribution in [-0.4, -0.2) is 55.3 Å². The van der Waals surface area contributed by atoms with Gasteiger partial charge in [0, 0.05) is 37.2 Å². The summed E-state index contributed by atoms with van der Waals surface area (Å²) in [5.41, 5.74) is 1.13. The highest BCUT2D eigenvalue weighted by Gasteiger charge is 2.23. The third kappa shape index (κ3) is 4.39. The monoisotopic (exact) mass is 450 g/mol. The van der Waals surface area contributed by atoms with Crippen LogP contribution in [-0.2, 0) is 11.3 Å². The lowest BCUT2D eigenvalue weighted by molar-refractivity contribution is -0.135. The van der Waals surface area contributed by atoms with Gasteiger partial charge in [-0.05, 0) is 42.0 Å². The molecule has 8 heteroatoms. The van der Waals surface area contributed by atoms with E-state index in [1.165, 1.54) is 24.3 Å². The highest BCUT2D eigenvalue weighted by atomic mass is 79.9. The molecule has 2 heterocycles. The highest BCUT2D eigenvalue weighted by molar-refractivity contribution is 9.10. The van der Waals surface area contributed by atoms with E-state index < -0.39 is 0 Å². The lowest BCUT2D eigenvalue weighted by Gasteiger charge is -2.34. The molecule has 0 bridgehead atoms. The van der Waals surface area contributed by atoms with Gasteiger partial charge in [0.05, 0.1) is 0 Å². The third-order valence-corrected chi connectivity index (χ3v) is 5.57. The fraction of sp³-hybridized carbons (Fsp3) is 0.350. The van der Waals surface area contributed by atoms with Crippen molar-refractivity contribution in [2.24, 2.45) is 0 Å². The summed E-state index contributed by atoms with van der Waals surface area (Å²) >= 11 is 3.59. The SMILES string of the molecule is O=C(COc1ccc(F)cc1)N1CCN(Cc2cc3c(cc2Br)OCO3)CC1. The van der Waals surface area contributed by atoms with Crippen molar-refractivity contribution in [1.29, 1.82) is 0 Å². The summed E-state index contributed by atoms with van der Waals surface area (Å²) < 4.78 is 30.2. The predicted molar refractivity (Wildman–Crippen MR) is 104 cm³/mol. The fourth-order valence-corrected chi connectivity index (χ4v) is 3.69. The van der Waals surface area contributed by atoms with Crippen LogP contribution in [0.1, 0.15) is 5.56 Å².